The van der Waals surface area contributed by atoms with Gasteiger partial charge in [0.1, 0.15) is 10.8 Å². The smallest absolute Gasteiger partial charge is 0.229 e. The fourth-order valence-corrected chi connectivity index (χ4v) is 6.81. The number of halogens is 1. The van der Waals surface area contributed by atoms with Gasteiger partial charge in [-0.25, -0.2) is 13.4 Å². The molecule has 0 bridgehead atoms. The van der Waals surface area contributed by atoms with Crippen LogP contribution in [-0.2, 0) is 9.84 Å². The van der Waals surface area contributed by atoms with E-state index in [2.05, 4.69) is 51.5 Å². The first-order valence-corrected chi connectivity index (χ1v) is 16.9. The molecule has 1 saturated heterocycles. The molecule has 0 atom stereocenters. The number of sulfone groups is 1. The van der Waals surface area contributed by atoms with Crippen molar-refractivity contribution in [1.82, 2.24) is 14.9 Å². The Morgan fingerprint density at radius 1 is 1.07 bits per heavy atom. The monoisotopic (exact) mass is 613 g/mol. The lowest BCUT2D eigenvalue weighted by atomic mass is 9.86. The van der Waals surface area contributed by atoms with Crippen LogP contribution in [0.2, 0.25) is 5.02 Å². The number of unbranched alkanes of at least 4 members (excludes halogenated alkanes) is 3. The van der Waals surface area contributed by atoms with Crippen LogP contribution in [-0.4, -0.2) is 55.3 Å². The summed E-state index contributed by atoms with van der Waals surface area (Å²) in [7, 11) is -1.85. The normalized spacial score (nSPS) is 14.7. The summed E-state index contributed by atoms with van der Waals surface area (Å²) in [5.74, 6) is 1.84. The molecule has 0 unspecified atom stereocenters. The van der Waals surface area contributed by atoms with Gasteiger partial charge in [0.15, 0.2) is 15.7 Å². The van der Waals surface area contributed by atoms with Gasteiger partial charge in [-0.1, -0.05) is 49.9 Å². The number of hydrogen-bond acceptors (Lipinski definition) is 8. The number of anilines is 4. The van der Waals surface area contributed by atoms with E-state index in [1.54, 1.807) is 45.2 Å². The van der Waals surface area contributed by atoms with Crippen LogP contribution in [0.15, 0.2) is 47.5 Å². The van der Waals surface area contributed by atoms with Crippen molar-refractivity contribution in [2.75, 3.05) is 37.4 Å². The van der Waals surface area contributed by atoms with Gasteiger partial charge >= 0.3 is 0 Å². The fourth-order valence-electron chi connectivity index (χ4n) is 5.47. The summed E-state index contributed by atoms with van der Waals surface area (Å²) in [5, 5.41) is 6.09. The molecule has 42 heavy (non-hydrogen) atoms. The first-order chi connectivity index (χ1) is 20.1. The molecule has 1 aliphatic heterocycles. The number of aromatic nitrogens is 2. The summed E-state index contributed by atoms with van der Waals surface area (Å²) in [4.78, 5) is 11.7. The van der Waals surface area contributed by atoms with Crippen LogP contribution in [0.1, 0.15) is 76.3 Å². The zero-order valence-corrected chi connectivity index (χ0v) is 27.0. The number of rotatable bonds is 13. The molecular weight excluding hydrogens is 570 g/mol. The predicted molar refractivity (Wildman–Crippen MR) is 173 cm³/mol. The van der Waals surface area contributed by atoms with E-state index in [0.717, 1.165) is 37.4 Å². The van der Waals surface area contributed by atoms with Crippen LogP contribution >= 0.6 is 11.6 Å². The molecule has 0 aliphatic carbocycles. The third-order valence-electron chi connectivity index (χ3n) is 8.00. The molecule has 0 spiro atoms. The molecule has 0 radical (unpaired) electrons. The van der Waals surface area contributed by atoms with Crippen LogP contribution in [0.5, 0.6) is 5.75 Å². The Morgan fingerprint density at radius 2 is 1.81 bits per heavy atom. The lowest BCUT2D eigenvalue weighted by Crippen LogP contribution is -2.33. The fraction of sp³-hybridized carbons (Fsp3) is 0.500. The van der Waals surface area contributed by atoms with Gasteiger partial charge in [-0.05, 0) is 101 Å². The maximum Gasteiger partial charge on any atom is 0.229 e. The first kappa shape index (κ1) is 32.0. The van der Waals surface area contributed by atoms with Crippen molar-refractivity contribution >= 4 is 44.6 Å². The highest BCUT2D eigenvalue weighted by atomic mass is 35.5. The standard InChI is InChI=1S/C32H44ClN5O3S/c1-6-7-8-11-16-38-17-14-24(15-18-38)25-20-29(41-5)28(19-23(25)4)36-32-34-21-26(33)31(37-32)35-27-12-9-10-13-30(27)42(39,40)22(2)3/h9-10,12-13,19-22,24H,6-8,11,14-18H2,1-5H3,(H2,34,35,36,37). The average Bonchev–Trinajstić information content (AvgIpc) is 2.98. The Kier molecular flexibility index (Phi) is 11.1. The second kappa shape index (κ2) is 14.5. The summed E-state index contributed by atoms with van der Waals surface area (Å²) in [6.45, 7) is 11.2. The Balaban J connectivity index is 1.50. The third-order valence-corrected chi connectivity index (χ3v) is 10.5. The summed E-state index contributed by atoms with van der Waals surface area (Å²) >= 11 is 6.43. The maximum absolute atomic E-state index is 12.9. The molecular formula is C32H44ClN5O3S. The number of benzene rings is 2. The molecule has 1 fully saturated rings. The van der Waals surface area contributed by atoms with Gasteiger partial charge < -0.3 is 20.3 Å². The van der Waals surface area contributed by atoms with Crippen molar-refractivity contribution in [3.05, 3.63) is 58.7 Å². The number of nitrogens with one attached hydrogen (secondary N) is 2. The Bertz CT molecular complexity index is 1460. The molecule has 2 aromatic carbocycles. The van der Waals surface area contributed by atoms with E-state index >= 15 is 0 Å². The largest absolute Gasteiger partial charge is 0.495 e. The van der Waals surface area contributed by atoms with Crippen LogP contribution in [0.25, 0.3) is 0 Å². The number of likely N-dealkylation sites (tertiary alicyclic amines) is 1. The average molecular weight is 614 g/mol. The van der Waals surface area contributed by atoms with E-state index < -0.39 is 15.1 Å². The Hall–Kier alpha value is -2.88. The molecule has 0 amide bonds. The minimum atomic E-state index is -3.52. The van der Waals surface area contributed by atoms with Crippen molar-refractivity contribution in [3.8, 4) is 5.75 Å². The zero-order valence-electron chi connectivity index (χ0n) is 25.4. The van der Waals surface area contributed by atoms with Crippen molar-refractivity contribution in [1.29, 1.82) is 0 Å². The minimum absolute atomic E-state index is 0.194. The highest BCUT2D eigenvalue weighted by molar-refractivity contribution is 7.92. The molecule has 3 aromatic rings. The topological polar surface area (TPSA) is 96.5 Å². The predicted octanol–water partition coefficient (Wildman–Crippen LogP) is 7.88. The van der Waals surface area contributed by atoms with Gasteiger partial charge in [-0.3, -0.25) is 0 Å². The Labute approximate surface area is 256 Å². The zero-order chi connectivity index (χ0) is 30.3. The molecule has 4 rings (SSSR count). The lowest BCUT2D eigenvalue weighted by Gasteiger charge is -2.33. The second-order valence-electron chi connectivity index (χ2n) is 11.3. The van der Waals surface area contributed by atoms with Crippen LogP contribution in [0.3, 0.4) is 0 Å². The van der Waals surface area contributed by atoms with E-state index in [1.165, 1.54) is 49.6 Å². The molecule has 1 aromatic heterocycles. The highest BCUT2D eigenvalue weighted by Crippen LogP contribution is 2.38. The number of aryl methyl sites for hydroxylation is 1. The van der Waals surface area contributed by atoms with E-state index in [0.29, 0.717) is 23.4 Å². The molecule has 228 valence electrons. The number of methoxy groups -OCH3 is 1. The van der Waals surface area contributed by atoms with Gasteiger partial charge in [0.25, 0.3) is 0 Å². The summed E-state index contributed by atoms with van der Waals surface area (Å²) in [5.41, 5.74) is 3.68. The number of ether oxygens (including phenoxy) is 1. The van der Waals surface area contributed by atoms with Gasteiger partial charge in [0.2, 0.25) is 5.95 Å². The molecule has 8 nitrogen and oxygen atoms in total. The van der Waals surface area contributed by atoms with Crippen LogP contribution in [0.4, 0.5) is 23.1 Å². The van der Waals surface area contributed by atoms with E-state index in [-0.39, 0.29) is 9.92 Å². The molecule has 2 heterocycles. The number of nitrogens with zero attached hydrogens (tertiary/aromatic N) is 3. The third kappa shape index (κ3) is 7.74. The van der Waals surface area contributed by atoms with Crippen molar-refractivity contribution in [3.63, 3.8) is 0 Å². The quantitative estimate of drug-likeness (QED) is 0.188. The number of piperidine rings is 1. The maximum atomic E-state index is 12.9. The highest BCUT2D eigenvalue weighted by Gasteiger charge is 2.25. The molecule has 0 saturated carbocycles. The summed E-state index contributed by atoms with van der Waals surface area (Å²) < 4.78 is 31.6. The second-order valence-corrected chi connectivity index (χ2v) is 14.2. The first-order valence-electron chi connectivity index (χ1n) is 14.9. The van der Waals surface area contributed by atoms with E-state index in [4.69, 9.17) is 16.3 Å². The SMILES string of the molecule is CCCCCCN1CCC(c2cc(OC)c(Nc3ncc(Cl)c(Nc4ccccc4S(=O)(=O)C(C)C)n3)cc2C)CC1. The lowest BCUT2D eigenvalue weighted by molar-refractivity contribution is 0.208. The van der Waals surface area contributed by atoms with Gasteiger partial charge in [-0.15, -0.1) is 0 Å². The van der Waals surface area contributed by atoms with Gasteiger partial charge in [-0.2, -0.15) is 4.98 Å². The summed E-state index contributed by atoms with van der Waals surface area (Å²) in [6, 6.07) is 11.0. The minimum Gasteiger partial charge on any atom is -0.495 e. The van der Waals surface area contributed by atoms with Crippen molar-refractivity contribution in [2.45, 2.75) is 82.3 Å². The number of para-hydroxylation sites is 1. The van der Waals surface area contributed by atoms with E-state index in [1.807, 2.05) is 0 Å². The molecule has 1 aliphatic rings. The molecule has 2 N–H and O–H groups in total. The van der Waals surface area contributed by atoms with Crippen molar-refractivity contribution < 1.29 is 13.2 Å². The van der Waals surface area contributed by atoms with Gasteiger partial charge in [0, 0.05) is 0 Å². The van der Waals surface area contributed by atoms with Crippen LogP contribution in [0, 0.1) is 6.92 Å². The van der Waals surface area contributed by atoms with Crippen molar-refractivity contribution in [2.24, 2.45) is 0 Å². The molecule has 10 heteroatoms. The van der Waals surface area contributed by atoms with Crippen LogP contribution < -0.4 is 15.4 Å². The van der Waals surface area contributed by atoms with E-state index in [9.17, 15) is 8.42 Å². The Morgan fingerprint density at radius 3 is 2.50 bits per heavy atom. The summed E-state index contributed by atoms with van der Waals surface area (Å²) in [6.07, 6.45) is 8.99. The number of hydrogen-bond donors (Lipinski definition) is 2. The van der Waals surface area contributed by atoms with Gasteiger partial charge in [0.05, 0.1) is 34.8 Å².